The number of esters is 1. The smallest absolute Gasteiger partial charge is 0.338 e. The Balaban J connectivity index is 1.98. The third-order valence-electron chi connectivity index (χ3n) is 4.50. The monoisotopic (exact) mass is 432 g/mol. The summed E-state index contributed by atoms with van der Waals surface area (Å²) in [6, 6.07) is 10.6. The summed E-state index contributed by atoms with van der Waals surface area (Å²) >= 11 is 5.89. The normalized spacial score (nSPS) is 15.7. The van der Waals surface area contributed by atoms with Gasteiger partial charge in [0, 0.05) is 5.02 Å². The summed E-state index contributed by atoms with van der Waals surface area (Å²) in [4.78, 5) is 24.9. The van der Waals surface area contributed by atoms with Crippen LogP contribution in [0.25, 0.3) is 0 Å². The van der Waals surface area contributed by atoms with E-state index in [1.807, 2.05) is 0 Å². The minimum absolute atomic E-state index is 0.0523. The fourth-order valence-electron chi connectivity index (χ4n) is 3.05. The molecule has 0 bridgehead atoms. The Labute approximate surface area is 178 Å². The summed E-state index contributed by atoms with van der Waals surface area (Å²) in [7, 11) is 4.30. The fraction of sp³-hybridized carbons (Fsp3) is 0.238. The molecule has 30 heavy (non-hydrogen) atoms. The van der Waals surface area contributed by atoms with E-state index in [2.05, 4.69) is 10.6 Å². The Morgan fingerprint density at radius 3 is 2.37 bits per heavy atom. The Bertz CT molecular complexity index is 974. The van der Waals surface area contributed by atoms with Crippen LogP contribution in [-0.4, -0.2) is 39.9 Å². The van der Waals surface area contributed by atoms with Gasteiger partial charge in [-0.25, -0.2) is 9.59 Å². The predicted octanol–water partition coefficient (Wildman–Crippen LogP) is 3.22. The highest BCUT2D eigenvalue weighted by Crippen LogP contribution is 2.34. The van der Waals surface area contributed by atoms with Gasteiger partial charge in [0.25, 0.3) is 0 Å². The molecule has 0 fully saturated rings. The summed E-state index contributed by atoms with van der Waals surface area (Å²) in [6.45, 7) is -0.0523. The van der Waals surface area contributed by atoms with E-state index < -0.39 is 18.0 Å². The molecule has 2 aromatic carbocycles. The molecule has 158 valence electrons. The van der Waals surface area contributed by atoms with Crippen LogP contribution in [0.15, 0.2) is 53.7 Å². The second kappa shape index (κ2) is 9.41. The molecule has 3 rings (SSSR count). The second-order valence-corrected chi connectivity index (χ2v) is 6.71. The Morgan fingerprint density at radius 1 is 1.03 bits per heavy atom. The average molecular weight is 433 g/mol. The van der Waals surface area contributed by atoms with Gasteiger partial charge in [0.1, 0.15) is 12.4 Å². The van der Waals surface area contributed by atoms with Crippen LogP contribution in [0.3, 0.4) is 0 Å². The molecule has 1 aliphatic heterocycles. The van der Waals surface area contributed by atoms with Crippen molar-refractivity contribution < 1.29 is 28.5 Å². The van der Waals surface area contributed by atoms with Crippen molar-refractivity contribution in [2.45, 2.75) is 6.04 Å². The molecule has 0 aliphatic carbocycles. The molecular formula is C21H21ClN2O6. The van der Waals surface area contributed by atoms with Gasteiger partial charge in [-0.3, -0.25) is 0 Å². The lowest BCUT2D eigenvalue weighted by atomic mass is 9.95. The highest BCUT2D eigenvalue weighted by atomic mass is 35.5. The fourth-order valence-corrected chi connectivity index (χ4v) is 3.18. The standard InChI is InChI=1S/C21H21ClN2O6/c1-27-16-9-4-12(10-17(16)28-2)19-18(20(25)29-3)15(23-21(26)24-19)11-30-14-7-5-13(22)6-8-14/h4-10,19H,11H2,1-3H3,(H2,23,24,26). The molecule has 0 aromatic heterocycles. The summed E-state index contributed by atoms with van der Waals surface area (Å²) in [5.41, 5.74) is 1.13. The van der Waals surface area contributed by atoms with Gasteiger partial charge < -0.3 is 29.6 Å². The van der Waals surface area contributed by atoms with Gasteiger partial charge in [-0.05, 0) is 42.0 Å². The van der Waals surface area contributed by atoms with E-state index in [4.69, 9.17) is 30.5 Å². The van der Waals surface area contributed by atoms with Crippen LogP contribution in [0.5, 0.6) is 17.2 Å². The molecule has 2 N–H and O–H groups in total. The average Bonchev–Trinajstić information content (AvgIpc) is 2.77. The Morgan fingerprint density at radius 2 is 1.73 bits per heavy atom. The molecule has 9 heteroatoms. The van der Waals surface area contributed by atoms with Gasteiger partial charge in [-0.2, -0.15) is 0 Å². The number of urea groups is 1. The molecule has 0 radical (unpaired) electrons. The first kappa shape index (κ1) is 21.3. The molecule has 8 nitrogen and oxygen atoms in total. The molecule has 1 aliphatic rings. The molecule has 1 unspecified atom stereocenters. The zero-order chi connectivity index (χ0) is 21.7. The number of methoxy groups -OCH3 is 3. The van der Waals surface area contributed by atoms with E-state index >= 15 is 0 Å². The van der Waals surface area contributed by atoms with Crippen LogP contribution >= 0.6 is 11.6 Å². The summed E-state index contributed by atoms with van der Waals surface area (Å²) in [5.74, 6) is 0.922. The summed E-state index contributed by atoms with van der Waals surface area (Å²) in [6.07, 6.45) is 0. The number of hydrogen-bond donors (Lipinski definition) is 2. The van der Waals surface area contributed by atoms with Crippen LogP contribution in [0.2, 0.25) is 5.02 Å². The van der Waals surface area contributed by atoms with Crippen molar-refractivity contribution in [1.82, 2.24) is 10.6 Å². The van der Waals surface area contributed by atoms with Crippen molar-refractivity contribution in [2.24, 2.45) is 0 Å². The zero-order valence-electron chi connectivity index (χ0n) is 16.7. The first-order valence-corrected chi connectivity index (χ1v) is 9.33. The van der Waals surface area contributed by atoms with Gasteiger partial charge in [-0.15, -0.1) is 0 Å². The van der Waals surface area contributed by atoms with Gasteiger partial charge in [-0.1, -0.05) is 17.7 Å². The van der Waals surface area contributed by atoms with Crippen LogP contribution < -0.4 is 24.8 Å². The van der Waals surface area contributed by atoms with Crippen molar-refractivity contribution in [3.63, 3.8) is 0 Å². The predicted molar refractivity (Wildman–Crippen MR) is 110 cm³/mol. The van der Waals surface area contributed by atoms with Crippen LogP contribution in [0.4, 0.5) is 4.79 Å². The minimum Gasteiger partial charge on any atom is -0.493 e. The highest BCUT2D eigenvalue weighted by molar-refractivity contribution is 6.30. The molecule has 2 amide bonds. The number of hydrogen-bond acceptors (Lipinski definition) is 6. The zero-order valence-corrected chi connectivity index (χ0v) is 17.4. The molecule has 1 atom stereocenters. The van der Waals surface area contributed by atoms with Crippen molar-refractivity contribution in [1.29, 1.82) is 0 Å². The van der Waals surface area contributed by atoms with Crippen molar-refractivity contribution in [3.05, 3.63) is 64.3 Å². The van der Waals surface area contributed by atoms with Crippen molar-refractivity contribution in [2.75, 3.05) is 27.9 Å². The van der Waals surface area contributed by atoms with E-state index in [0.717, 1.165) is 0 Å². The third-order valence-corrected chi connectivity index (χ3v) is 4.75. The maximum atomic E-state index is 12.6. The van der Waals surface area contributed by atoms with Gasteiger partial charge >= 0.3 is 12.0 Å². The number of amides is 2. The number of halogens is 1. The van der Waals surface area contributed by atoms with E-state index in [1.54, 1.807) is 42.5 Å². The molecule has 1 heterocycles. The molecular weight excluding hydrogens is 412 g/mol. The van der Waals surface area contributed by atoms with Gasteiger partial charge in [0.05, 0.1) is 38.6 Å². The first-order valence-electron chi connectivity index (χ1n) is 8.96. The third kappa shape index (κ3) is 4.60. The number of rotatable bonds is 7. The largest absolute Gasteiger partial charge is 0.493 e. The van der Waals surface area contributed by atoms with E-state index in [9.17, 15) is 9.59 Å². The maximum Gasteiger partial charge on any atom is 0.338 e. The van der Waals surface area contributed by atoms with Crippen molar-refractivity contribution >= 4 is 23.6 Å². The number of nitrogens with one attached hydrogen (secondary N) is 2. The SMILES string of the molecule is COC(=O)C1=C(COc2ccc(Cl)cc2)NC(=O)NC1c1ccc(OC)c(OC)c1. The lowest BCUT2D eigenvalue weighted by Gasteiger charge is -2.29. The van der Waals surface area contributed by atoms with E-state index in [0.29, 0.717) is 33.5 Å². The minimum atomic E-state index is -0.769. The molecule has 0 saturated carbocycles. The quantitative estimate of drug-likeness (QED) is 0.652. The molecule has 0 saturated heterocycles. The Kier molecular flexibility index (Phi) is 6.68. The van der Waals surface area contributed by atoms with Crippen LogP contribution in [-0.2, 0) is 9.53 Å². The molecule has 0 spiro atoms. The molecule has 2 aromatic rings. The summed E-state index contributed by atoms with van der Waals surface area (Å²) < 4.78 is 21.3. The number of benzene rings is 2. The maximum absolute atomic E-state index is 12.6. The number of carbonyl (C=O) groups excluding carboxylic acids is 2. The van der Waals surface area contributed by atoms with Crippen LogP contribution in [0, 0.1) is 0 Å². The second-order valence-electron chi connectivity index (χ2n) is 6.27. The topological polar surface area (TPSA) is 95.1 Å². The van der Waals surface area contributed by atoms with Crippen LogP contribution in [0.1, 0.15) is 11.6 Å². The Hall–Kier alpha value is -3.39. The first-order chi connectivity index (χ1) is 14.5. The number of carbonyl (C=O) groups is 2. The van der Waals surface area contributed by atoms with E-state index in [1.165, 1.54) is 21.3 Å². The highest BCUT2D eigenvalue weighted by Gasteiger charge is 2.34. The summed E-state index contributed by atoms with van der Waals surface area (Å²) in [5, 5.41) is 5.95. The number of ether oxygens (including phenoxy) is 4. The van der Waals surface area contributed by atoms with Gasteiger partial charge in [0.2, 0.25) is 0 Å². The van der Waals surface area contributed by atoms with E-state index in [-0.39, 0.29) is 12.2 Å². The lowest BCUT2D eigenvalue weighted by molar-refractivity contribution is -0.136. The lowest BCUT2D eigenvalue weighted by Crippen LogP contribution is -2.47. The van der Waals surface area contributed by atoms with Crippen molar-refractivity contribution in [3.8, 4) is 17.2 Å². The van der Waals surface area contributed by atoms with Gasteiger partial charge in [0.15, 0.2) is 11.5 Å².